The highest BCUT2D eigenvalue weighted by atomic mass is 16.5. The van der Waals surface area contributed by atoms with Crippen molar-refractivity contribution in [1.82, 2.24) is 0 Å². The minimum Gasteiger partial charge on any atom is -0.493 e. The number of rotatable bonds is 7. The second-order valence-electron chi connectivity index (χ2n) is 4.85. The normalized spacial score (nSPS) is 12.5. The summed E-state index contributed by atoms with van der Waals surface area (Å²) in [5.74, 6) is 0.978. The van der Waals surface area contributed by atoms with E-state index in [1.165, 1.54) is 16.7 Å². The molecule has 0 saturated heterocycles. The molecule has 1 unspecified atom stereocenters. The standard InChI is InChI=1S/C15H25NO2/c1-4-7-18-15-12(3)8-11(2)9-13(15)5-6-14(17)10-16/h8-9,14,17H,4-7,10,16H2,1-3H3. The summed E-state index contributed by atoms with van der Waals surface area (Å²) in [5.41, 5.74) is 9.00. The van der Waals surface area contributed by atoms with E-state index >= 15 is 0 Å². The first-order valence-corrected chi connectivity index (χ1v) is 6.69. The van der Waals surface area contributed by atoms with Crippen molar-refractivity contribution >= 4 is 0 Å². The molecule has 0 spiro atoms. The average Bonchev–Trinajstić information content (AvgIpc) is 2.34. The van der Waals surface area contributed by atoms with Crippen molar-refractivity contribution < 1.29 is 9.84 Å². The smallest absolute Gasteiger partial charge is 0.125 e. The van der Waals surface area contributed by atoms with Gasteiger partial charge >= 0.3 is 0 Å². The predicted octanol–water partition coefficient (Wildman–Crippen LogP) is 2.34. The molecule has 3 nitrogen and oxygen atoms in total. The Morgan fingerprint density at radius 2 is 2.06 bits per heavy atom. The number of ether oxygens (including phenoxy) is 1. The van der Waals surface area contributed by atoms with Crippen LogP contribution in [0.4, 0.5) is 0 Å². The molecule has 3 N–H and O–H groups in total. The van der Waals surface area contributed by atoms with Crippen LogP contribution in [0.25, 0.3) is 0 Å². The zero-order valence-corrected chi connectivity index (χ0v) is 11.7. The fraction of sp³-hybridized carbons (Fsp3) is 0.600. The zero-order chi connectivity index (χ0) is 13.5. The third-order valence-corrected chi connectivity index (χ3v) is 2.97. The summed E-state index contributed by atoms with van der Waals surface area (Å²) in [6, 6.07) is 4.27. The first-order valence-electron chi connectivity index (χ1n) is 6.69. The number of nitrogens with two attached hydrogens (primary N) is 1. The highest BCUT2D eigenvalue weighted by Gasteiger charge is 2.10. The lowest BCUT2D eigenvalue weighted by Crippen LogP contribution is -2.20. The minimum atomic E-state index is -0.426. The molecule has 0 aromatic heterocycles. The Balaban J connectivity index is 2.85. The molecule has 0 saturated carbocycles. The van der Waals surface area contributed by atoms with Gasteiger partial charge in [-0.3, -0.25) is 0 Å². The van der Waals surface area contributed by atoms with Crippen molar-refractivity contribution in [2.24, 2.45) is 5.73 Å². The summed E-state index contributed by atoms with van der Waals surface area (Å²) >= 11 is 0. The first-order chi connectivity index (χ1) is 8.58. The molecule has 1 atom stereocenters. The summed E-state index contributed by atoms with van der Waals surface area (Å²) in [6.07, 6.45) is 2.06. The Hall–Kier alpha value is -1.06. The van der Waals surface area contributed by atoms with E-state index in [2.05, 4.69) is 32.9 Å². The van der Waals surface area contributed by atoms with Gasteiger partial charge in [-0.2, -0.15) is 0 Å². The summed E-state index contributed by atoms with van der Waals surface area (Å²) in [6.45, 7) is 7.30. The third kappa shape index (κ3) is 4.31. The number of hydrogen-bond acceptors (Lipinski definition) is 3. The van der Waals surface area contributed by atoms with Crippen molar-refractivity contribution in [3.05, 3.63) is 28.8 Å². The van der Waals surface area contributed by atoms with Crippen molar-refractivity contribution in [3.8, 4) is 5.75 Å². The Morgan fingerprint density at radius 3 is 2.67 bits per heavy atom. The van der Waals surface area contributed by atoms with Gasteiger partial charge in [0.1, 0.15) is 5.75 Å². The van der Waals surface area contributed by atoms with Crippen LogP contribution < -0.4 is 10.5 Å². The van der Waals surface area contributed by atoms with Gasteiger partial charge in [-0.25, -0.2) is 0 Å². The number of aliphatic hydroxyl groups is 1. The van der Waals surface area contributed by atoms with Crippen LogP contribution in [0.5, 0.6) is 5.75 Å². The SMILES string of the molecule is CCCOc1c(C)cc(C)cc1CCC(O)CN. The van der Waals surface area contributed by atoms with E-state index < -0.39 is 6.10 Å². The second-order valence-corrected chi connectivity index (χ2v) is 4.85. The van der Waals surface area contributed by atoms with E-state index in [1.54, 1.807) is 0 Å². The summed E-state index contributed by atoms with van der Waals surface area (Å²) < 4.78 is 5.83. The quantitative estimate of drug-likeness (QED) is 0.782. The van der Waals surface area contributed by atoms with Gasteiger partial charge in [0.25, 0.3) is 0 Å². The summed E-state index contributed by atoms with van der Waals surface area (Å²) in [5, 5.41) is 9.56. The van der Waals surface area contributed by atoms with Gasteiger partial charge < -0.3 is 15.6 Å². The number of hydrogen-bond donors (Lipinski definition) is 2. The van der Waals surface area contributed by atoms with E-state index in [4.69, 9.17) is 10.5 Å². The molecule has 3 heteroatoms. The second kappa shape index (κ2) is 7.39. The Morgan fingerprint density at radius 1 is 1.33 bits per heavy atom. The van der Waals surface area contributed by atoms with Crippen LogP contribution in [0.3, 0.4) is 0 Å². The molecule has 0 amide bonds. The van der Waals surface area contributed by atoms with E-state index in [1.807, 2.05) is 0 Å². The molecule has 0 fully saturated rings. The van der Waals surface area contributed by atoms with Crippen LogP contribution in [0.15, 0.2) is 12.1 Å². The van der Waals surface area contributed by atoms with Crippen LogP contribution in [0.1, 0.15) is 36.5 Å². The molecule has 1 aromatic carbocycles. The molecule has 1 aromatic rings. The largest absolute Gasteiger partial charge is 0.493 e. The fourth-order valence-corrected chi connectivity index (χ4v) is 2.08. The van der Waals surface area contributed by atoms with Gasteiger partial charge in [-0.1, -0.05) is 24.6 Å². The number of aryl methyl sites for hydroxylation is 3. The lowest BCUT2D eigenvalue weighted by molar-refractivity contribution is 0.172. The Bertz CT molecular complexity index is 377. The van der Waals surface area contributed by atoms with Crippen LogP contribution in [0, 0.1) is 13.8 Å². The van der Waals surface area contributed by atoms with Crippen molar-refractivity contribution in [1.29, 1.82) is 0 Å². The number of aliphatic hydroxyl groups excluding tert-OH is 1. The van der Waals surface area contributed by atoms with Gasteiger partial charge in [-0.15, -0.1) is 0 Å². The Kier molecular flexibility index (Phi) is 6.16. The lowest BCUT2D eigenvalue weighted by atomic mass is 10.00. The maximum Gasteiger partial charge on any atom is 0.125 e. The molecular weight excluding hydrogens is 226 g/mol. The highest BCUT2D eigenvalue weighted by Crippen LogP contribution is 2.27. The highest BCUT2D eigenvalue weighted by molar-refractivity contribution is 5.44. The molecule has 18 heavy (non-hydrogen) atoms. The van der Waals surface area contributed by atoms with Crippen LogP contribution in [0.2, 0.25) is 0 Å². The van der Waals surface area contributed by atoms with Gasteiger partial charge in [0.15, 0.2) is 0 Å². The van der Waals surface area contributed by atoms with Crippen molar-refractivity contribution in [2.75, 3.05) is 13.2 Å². The summed E-state index contributed by atoms with van der Waals surface area (Å²) in [4.78, 5) is 0. The monoisotopic (exact) mass is 251 g/mol. The van der Waals surface area contributed by atoms with Crippen LogP contribution in [-0.4, -0.2) is 24.4 Å². The predicted molar refractivity (Wildman–Crippen MR) is 75.1 cm³/mol. The molecule has 0 aliphatic heterocycles. The van der Waals surface area contributed by atoms with E-state index in [0.29, 0.717) is 13.0 Å². The first kappa shape index (κ1) is 15.0. The Labute approximate surface area is 110 Å². The topological polar surface area (TPSA) is 55.5 Å². The van der Waals surface area contributed by atoms with Gasteiger partial charge in [0, 0.05) is 6.54 Å². The van der Waals surface area contributed by atoms with Gasteiger partial charge in [0.2, 0.25) is 0 Å². The molecule has 0 bridgehead atoms. The lowest BCUT2D eigenvalue weighted by Gasteiger charge is -2.16. The van der Waals surface area contributed by atoms with E-state index in [9.17, 15) is 5.11 Å². The van der Waals surface area contributed by atoms with Crippen LogP contribution >= 0.6 is 0 Å². The molecule has 102 valence electrons. The van der Waals surface area contributed by atoms with Crippen LogP contribution in [-0.2, 0) is 6.42 Å². The molecule has 0 radical (unpaired) electrons. The summed E-state index contributed by atoms with van der Waals surface area (Å²) in [7, 11) is 0. The third-order valence-electron chi connectivity index (χ3n) is 2.97. The minimum absolute atomic E-state index is 0.315. The van der Waals surface area contributed by atoms with Gasteiger partial charge in [-0.05, 0) is 44.2 Å². The average molecular weight is 251 g/mol. The number of benzene rings is 1. The van der Waals surface area contributed by atoms with E-state index in [0.717, 1.165) is 25.2 Å². The molecule has 0 aliphatic carbocycles. The fourth-order valence-electron chi connectivity index (χ4n) is 2.08. The van der Waals surface area contributed by atoms with E-state index in [-0.39, 0.29) is 0 Å². The van der Waals surface area contributed by atoms with Crippen molar-refractivity contribution in [2.45, 2.75) is 46.1 Å². The molecule has 0 aliphatic rings. The molecule has 1 rings (SSSR count). The molecule has 0 heterocycles. The maximum atomic E-state index is 9.56. The molecular formula is C15H25NO2. The van der Waals surface area contributed by atoms with Gasteiger partial charge in [0.05, 0.1) is 12.7 Å². The maximum absolute atomic E-state index is 9.56. The zero-order valence-electron chi connectivity index (χ0n) is 11.7. The van der Waals surface area contributed by atoms with Crippen molar-refractivity contribution in [3.63, 3.8) is 0 Å².